The highest BCUT2D eigenvalue weighted by molar-refractivity contribution is 6.27. The SMILES string of the molecule is CN/C(NC1CCCCC1)=C(\C(=N)N)C(=N)c1ccc(Oc2ccc(F)cc2)cc1. The fraction of sp³-hybridized carbons (Fsp3) is 0.304. The summed E-state index contributed by atoms with van der Waals surface area (Å²) in [5.74, 6) is 1.21. The van der Waals surface area contributed by atoms with Crippen molar-refractivity contribution in [3.05, 3.63) is 71.3 Å². The lowest BCUT2D eigenvalue weighted by Gasteiger charge is -2.27. The Balaban J connectivity index is 1.78. The van der Waals surface area contributed by atoms with Crippen molar-refractivity contribution >= 4 is 11.5 Å². The Labute approximate surface area is 176 Å². The molecule has 0 radical (unpaired) electrons. The molecule has 7 heteroatoms. The molecular weight excluding hydrogens is 381 g/mol. The first-order valence-electron chi connectivity index (χ1n) is 10.1. The van der Waals surface area contributed by atoms with E-state index in [0.717, 1.165) is 12.8 Å². The standard InChI is InChI=1S/C23H28FN5O/c1-28-23(29-17-5-3-2-4-6-17)20(22(26)27)21(25)15-7-11-18(12-8-15)30-19-13-9-16(24)10-14-19/h7-14,17,25,28-29H,2-6H2,1H3,(H3,26,27)/b23-20+,25-21?. The smallest absolute Gasteiger partial charge is 0.128 e. The number of amidine groups is 1. The van der Waals surface area contributed by atoms with E-state index in [1.807, 2.05) is 0 Å². The quantitative estimate of drug-likeness (QED) is 0.331. The van der Waals surface area contributed by atoms with Crippen molar-refractivity contribution in [1.29, 1.82) is 10.8 Å². The second-order valence-corrected chi connectivity index (χ2v) is 7.35. The first-order valence-corrected chi connectivity index (χ1v) is 10.1. The average molecular weight is 410 g/mol. The topological polar surface area (TPSA) is 107 Å². The van der Waals surface area contributed by atoms with Gasteiger partial charge in [0.05, 0.1) is 11.3 Å². The molecule has 1 fully saturated rings. The molecule has 0 heterocycles. The first kappa shape index (κ1) is 21.4. The maximum Gasteiger partial charge on any atom is 0.128 e. The third kappa shape index (κ3) is 5.37. The maximum atomic E-state index is 13.0. The van der Waals surface area contributed by atoms with Crippen LogP contribution in [0.1, 0.15) is 37.7 Å². The Morgan fingerprint density at radius 2 is 1.53 bits per heavy atom. The van der Waals surface area contributed by atoms with Crippen molar-refractivity contribution in [2.45, 2.75) is 38.1 Å². The van der Waals surface area contributed by atoms with Gasteiger partial charge in [-0.05, 0) is 61.4 Å². The van der Waals surface area contributed by atoms with Crippen LogP contribution in [0.2, 0.25) is 0 Å². The number of hydrogen-bond donors (Lipinski definition) is 5. The van der Waals surface area contributed by atoms with E-state index in [4.69, 9.17) is 21.3 Å². The molecular formula is C23H28FN5O. The zero-order valence-electron chi connectivity index (χ0n) is 17.1. The van der Waals surface area contributed by atoms with Crippen LogP contribution >= 0.6 is 0 Å². The molecule has 3 rings (SSSR count). The molecule has 6 N–H and O–H groups in total. The Morgan fingerprint density at radius 3 is 2.07 bits per heavy atom. The summed E-state index contributed by atoms with van der Waals surface area (Å²) >= 11 is 0. The minimum atomic E-state index is -0.322. The fourth-order valence-corrected chi connectivity index (χ4v) is 3.59. The molecule has 0 amide bonds. The number of nitrogens with two attached hydrogens (primary N) is 1. The van der Waals surface area contributed by atoms with Crippen LogP contribution < -0.4 is 21.1 Å². The van der Waals surface area contributed by atoms with Gasteiger partial charge in [0, 0.05) is 18.7 Å². The summed E-state index contributed by atoms with van der Waals surface area (Å²) in [6.07, 6.45) is 5.74. The lowest BCUT2D eigenvalue weighted by molar-refractivity contribution is 0.390. The number of nitrogens with one attached hydrogen (secondary N) is 4. The van der Waals surface area contributed by atoms with Gasteiger partial charge in [-0.15, -0.1) is 0 Å². The van der Waals surface area contributed by atoms with E-state index < -0.39 is 0 Å². The predicted octanol–water partition coefficient (Wildman–Crippen LogP) is 4.28. The second kappa shape index (κ2) is 9.91. The van der Waals surface area contributed by atoms with Crippen molar-refractivity contribution in [2.75, 3.05) is 7.05 Å². The van der Waals surface area contributed by atoms with Crippen LogP contribution in [0.4, 0.5) is 4.39 Å². The molecule has 30 heavy (non-hydrogen) atoms. The minimum Gasteiger partial charge on any atom is -0.457 e. The molecule has 1 saturated carbocycles. The van der Waals surface area contributed by atoms with Crippen LogP contribution in [0.15, 0.2) is 59.9 Å². The molecule has 2 aromatic carbocycles. The Bertz CT molecular complexity index is 916. The largest absolute Gasteiger partial charge is 0.457 e. The molecule has 2 aromatic rings. The second-order valence-electron chi connectivity index (χ2n) is 7.35. The maximum absolute atomic E-state index is 13.0. The number of rotatable bonds is 8. The van der Waals surface area contributed by atoms with Crippen molar-refractivity contribution in [1.82, 2.24) is 10.6 Å². The van der Waals surface area contributed by atoms with E-state index in [1.54, 1.807) is 43.4 Å². The Morgan fingerprint density at radius 1 is 0.967 bits per heavy atom. The van der Waals surface area contributed by atoms with E-state index in [2.05, 4.69) is 10.6 Å². The van der Waals surface area contributed by atoms with Gasteiger partial charge >= 0.3 is 0 Å². The van der Waals surface area contributed by atoms with Gasteiger partial charge < -0.3 is 21.1 Å². The summed E-state index contributed by atoms with van der Waals surface area (Å²) < 4.78 is 18.7. The highest BCUT2D eigenvalue weighted by Gasteiger charge is 2.20. The molecule has 0 atom stereocenters. The monoisotopic (exact) mass is 409 g/mol. The summed E-state index contributed by atoms with van der Waals surface area (Å²) in [5, 5.41) is 23.2. The van der Waals surface area contributed by atoms with Crippen LogP contribution in [-0.2, 0) is 0 Å². The lowest BCUT2D eigenvalue weighted by Crippen LogP contribution is -2.39. The number of ether oxygens (including phenoxy) is 1. The van der Waals surface area contributed by atoms with Crippen LogP contribution in [0, 0.1) is 16.6 Å². The third-order valence-corrected chi connectivity index (χ3v) is 5.17. The van der Waals surface area contributed by atoms with Gasteiger partial charge in [-0.1, -0.05) is 19.3 Å². The Hall–Kier alpha value is -3.35. The van der Waals surface area contributed by atoms with E-state index in [-0.39, 0.29) is 17.4 Å². The number of benzene rings is 2. The van der Waals surface area contributed by atoms with Gasteiger partial charge in [0.1, 0.15) is 29.0 Å². The fourth-order valence-electron chi connectivity index (χ4n) is 3.59. The summed E-state index contributed by atoms with van der Waals surface area (Å²) in [5.41, 5.74) is 6.96. The predicted molar refractivity (Wildman–Crippen MR) is 118 cm³/mol. The van der Waals surface area contributed by atoms with Gasteiger partial charge in [0.15, 0.2) is 0 Å². The average Bonchev–Trinajstić information content (AvgIpc) is 2.75. The van der Waals surface area contributed by atoms with Gasteiger partial charge in [-0.2, -0.15) is 0 Å². The molecule has 1 aliphatic carbocycles. The molecule has 0 unspecified atom stereocenters. The zero-order chi connectivity index (χ0) is 21.5. The van der Waals surface area contributed by atoms with Crippen LogP contribution in [0.3, 0.4) is 0 Å². The first-order chi connectivity index (χ1) is 14.5. The van der Waals surface area contributed by atoms with E-state index in [0.29, 0.717) is 34.5 Å². The van der Waals surface area contributed by atoms with Crippen molar-refractivity contribution < 1.29 is 9.13 Å². The van der Waals surface area contributed by atoms with Crippen LogP contribution in [0.25, 0.3) is 0 Å². The normalized spacial score (nSPS) is 15.1. The summed E-state index contributed by atoms with van der Waals surface area (Å²) in [6.45, 7) is 0. The summed E-state index contributed by atoms with van der Waals surface area (Å²) in [7, 11) is 1.76. The highest BCUT2D eigenvalue weighted by Crippen LogP contribution is 2.23. The van der Waals surface area contributed by atoms with Crippen molar-refractivity contribution in [2.24, 2.45) is 5.73 Å². The zero-order valence-corrected chi connectivity index (χ0v) is 17.1. The molecule has 158 valence electrons. The number of hydrogen-bond acceptors (Lipinski definition) is 5. The number of halogens is 1. The molecule has 0 aliphatic heterocycles. The van der Waals surface area contributed by atoms with Gasteiger partial charge in [-0.3, -0.25) is 10.8 Å². The molecule has 0 bridgehead atoms. The molecule has 1 aliphatic rings. The molecule has 0 spiro atoms. The van der Waals surface area contributed by atoms with E-state index in [9.17, 15) is 4.39 Å². The van der Waals surface area contributed by atoms with Gasteiger partial charge in [0.2, 0.25) is 0 Å². The van der Waals surface area contributed by atoms with E-state index in [1.165, 1.54) is 31.4 Å². The van der Waals surface area contributed by atoms with Crippen LogP contribution in [-0.4, -0.2) is 24.6 Å². The van der Waals surface area contributed by atoms with E-state index >= 15 is 0 Å². The Kier molecular flexibility index (Phi) is 7.06. The van der Waals surface area contributed by atoms with Crippen molar-refractivity contribution in [3.63, 3.8) is 0 Å². The van der Waals surface area contributed by atoms with Gasteiger partial charge in [-0.25, -0.2) is 4.39 Å². The summed E-state index contributed by atoms with van der Waals surface area (Å²) in [6, 6.07) is 13.1. The molecule has 0 aromatic heterocycles. The van der Waals surface area contributed by atoms with Crippen LogP contribution in [0.5, 0.6) is 11.5 Å². The lowest BCUT2D eigenvalue weighted by atomic mass is 9.95. The van der Waals surface area contributed by atoms with Crippen molar-refractivity contribution in [3.8, 4) is 11.5 Å². The molecule has 0 saturated heterocycles. The molecule has 6 nitrogen and oxygen atoms in total. The highest BCUT2D eigenvalue weighted by atomic mass is 19.1. The van der Waals surface area contributed by atoms with Gasteiger partial charge in [0.25, 0.3) is 0 Å². The summed E-state index contributed by atoms with van der Waals surface area (Å²) in [4.78, 5) is 0. The minimum absolute atomic E-state index is 0.156. The third-order valence-electron chi connectivity index (χ3n) is 5.17.